The number of aromatic amines is 1. The molecule has 1 N–H and O–H groups in total. The predicted octanol–water partition coefficient (Wildman–Crippen LogP) is 4.58. The number of aromatic nitrogens is 6. The third-order valence-corrected chi connectivity index (χ3v) is 6.30. The van der Waals surface area contributed by atoms with Gasteiger partial charge in [0.15, 0.2) is 0 Å². The fraction of sp³-hybridized carbons (Fsp3) is 0.286. The summed E-state index contributed by atoms with van der Waals surface area (Å²) in [4.78, 5) is 11.6. The molecule has 30 heavy (non-hydrogen) atoms. The molecule has 3 heterocycles. The molecule has 0 amide bonds. The first-order valence-electron chi connectivity index (χ1n) is 9.86. The lowest BCUT2D eigenvalue weighted by Crippen LogP contribution is -2.37. The van der Waals surface area contributed by atoms with Gasteiger partial charge < -0.3 is 4.90 Å². The first-order chi connectivity index (χ1) is 14.7. The first kappa shape index (κ1) is 19.2. The van der Waals surface area contributed by atoms with Crippen molar-refractivity contribution in [3.05, 3.63) is 58.6 Å². The number of rotatable bonds is 4. The van der Waals surface area contributed by atoms with Crippen molar-refractivity contribution in [2.75, 3.05) is 18.0 Å². The van der Waals surface area contributed by atoms with Gasteiger partial charge in [-0.25, -0.2) is 15.1 Å². The van der Waals surface area contributed by atoms with E-state index >= 15 is 0 Å². The average molecular weight is 440 g/mol. The summed E-state index contributed by atoms with van der Waals surface area (Å²) in [5.74, 6) is 2.23. The standard InChI is InChI=1S/C21H19Cl2N7/c22-16-7-6-14(10-17(16)23)15-4-1-5-18-20(15)21(25-12-24-18)30-8-2-3-13(11-30)9-19-26-28-29-27-19/h1,4-7,10,12-13H,2-3,8-9,11H2,(H,26,27,28,29). The Morgan fingerprint density at radius 1 is 1.10 bits per heavy atom. The lowest BCUT2D eigenvalue weighted by atomic mass is 9.93. The van der Waals surface area contributed by atoms with E-state index in [-0.39, 0.29) is 0 Å². The number of anilines is 1. The summed E-state index contributed by atoms with van der Waals surface area (Å²) < 4.78 is 0. The van der Waals surface area contributed by atoms with Crippen LogP contribution in [-0.4, -0.2) is 43.7 Å². The maximum absolute atomic E-state index is 6.30. The Morgan fingerprint density at radius 2 is 2.03 bits per heavy atom. The molecule has 1 saturated heterocycles. The molecule has 2 aromatic heterocycles. The van der Waals surface area contributed by atoms with Crippen LogP contribution in [0, 0.1) is 5.92 Å². The summed E-state index contributed by atoms with van der Waals surface area (Å²) in [5.41, 5.74) is 2.95. The average Bonchev–Trinajstić information content (AvgIpc) is 3.28. The van der Waals surface area contributed by atoms with Gasteiger partial charge in [-0.15, -0.1) is 5.10 Å². The Bertz CT molecular complexity index is 1170. The molecule has 7 nitrogen and oxygen atoms in total. The van der Waals surface area contributed by atoms with Crippen LogP contribution >= 0.6 is 23.2 Å². The summed E-state index contributed by atoms with van der Waals surface area (Å²) in [6.45, 7) is 1.84. The summed E-state index contributed by atoms with van der Waals surface area (Å²) >= 11 is 12.4. The first-order valence-corrected chi connectivity index (χ1v) is 10.6. The van der Waals surface area contributed by atoms with Crippen molar-refractivity contribution in [3.8, 4) is 11.1 Å². The van der Waals surface area contributed by atoms with Crippen LogP contribution < -0.4 is 4.90 Å². The van der Waals surface area contributed by atoms with E-state index in [0.717, 1.165) is 66.0 Å². The fourth-order valence-electron chi connectivity index (χ4n) is 4.20. The van der Waals surface area contributed by atoms with Crippen LogP contribution in [0.1, 0.15) is 18.7 Å². The second-order valence-electron chi connectivity index (χ2n) is 7.53. The van der Waals surface area contributed by atoms with Crippen molar-refractivity contribution < 1.29 is 0 Å². The molecule has 0 bridgehead atoms. The van der Waals surface area contributed by atoms with Gasteiger partial charge in [-0.2, -0.15) is 0 Å². The second kappa shape index (κ2) is 8.16. The van der Waals surface area contributed by atoms with Crippen molar-refractivity contribution in [1.29, 1.82) is 0 Å². The molecule has 5 rings (SSSR count). The molecule has 1 aliphatic heterocycles. The smallest absolute Gasteiger partial charge is 0.148 e. The molecular formula is C21H19Cl2N7. The van der Waals surface area contributed by atoms with Gasteiger partial charge in [-0.3, -0.25) is 0 Å². The van der Waals surface area contributed by atoms with Crippen LogP contribution in [0.2, 0.25) is 10.0 Å². The lowest BCUT2D eigenvalue weighted by Gasteiger charge is -2.34. The van der Waals surface area contributed by atoms with E-state index in [0.29, 0.717) is 16.0 Å². The minimum absolute atomic E-state index is 0.454. The molecule has 0 spiro atoms. The van der Waals surface area contributed by atoms with Crippen molar-refractivity contribution in [2.45, 2.75) is 19.3 Å². The number of hydrogen-bond acceptors (Lipinski definition) is 6. The zero-order valence-corrected chi connectivity index (χ0v) is 17.6. The fourth-order valence-corrected chi connectivity index (χ4v) is 4.50. The summed E-state index contributed by atoms with van der Waals surface area (Å²) in [6, 6.07) is 11.8. The lowest BCUT2D eigenvalue weighted by molar-refractivity contribution is 0.405. The summed E-state index contributed by atoms with van der Waals surface area (Å²) in [5, 5.41) is 16.4. The highest BCUT2D eigenvalue weighted by Gasteiger charge is 2.24. The van der Waals surface area contributed by atoms with E-state index in [1.54, 1.807) is 6.33 Å². The molecule has 1 atom stereocenters. The molecule has 1 fully saturated rings. The summed E-state index contributed by atoms with van der Waals surface area (Å²) in [7, 11) is 0. The van der Waals surface area contributed by atoms with Crippen LogP contribution in [0.25, 0.3) is 22.0 Å². The molecule has 2 aromatic carbocycles. The minimum atomic E-state index is 0.454. The topological polar surface area (TPSA) is 83.5 Å². The molecule has 0 radical (unpaired) electrons. The number of halogens is 2. The van der Waals surface area contributed by atoms with Crippen molar-refractivity contribution in [2.24, 2.45) is 5.92 Å². The van der Waals surface area contributed by atoms with Crippen molar-refractivity contribution >= 4 is 39.9 Å². The van der Waals surface area contributed by atoms with Crippen LogP contribution in [0.3, 0.4) is 0 Å². The number of nitrogens with zero attached hydrogens (tertiary/aromatic N) is 6. The van der Waals surface area contributed by atoms with Crippen molar-refractivity contribution in [1.82, 2.24) is 30.6 Å². The Labute approximate surface area is 183 Å². The van der Waals surface area contributed by atoms with E-state index < -0.39 is 0 Å². The maximum atomic E-state index is 6.30. The summed E-state index contributed by atoms with van der Waals surface area (Å²) in [6.07, 6.45) is 4.69. The van der Waals surface area contributed by atoms with Crippen LogP contribution in [0.4, 0.5) is 5.82 Å². The predicted molar refractivity (Wildman–Crippen MR) is 118 cm³/mol. The number of hydrogen-bond donors (Lipinski definition) is 1. The van der Waals surface area contributed by atoms with E-state index in [9.17, 15) is 0 Å². The van der Waals surface area contributed by atoms with E-state index in [1.165, 1.54) is 0 Å². The highest BCUT2D eigenvalue weighted by atomic mass is 35.5. The van der Waals surface area contributed by atoms with Gasteiger partial charge in [-0.1, -0.05) is 41.4 Å². The maximum Gasteiger partial charge on any atom is 0.148 e. The van der Waals surface area contributed by atoms with Gasteiger partial charge in [0.2, 0.25) is 0 Å². The second-order valence-corrected chi connectivity index (χ2v) is 8.35. The molecule has 9 heteroatoms. The minimum Gasteiger partial charge on any atom is -0.356 e. The Kier molecular flexibility index (Phi) is 5.23. The molecular weight excluding hydrogens is 421 g/mol. The largest absolute Gasteiger partial charge is 0.356 e. The van der Waals surface area contributed by atoms with Gasteiger partial charge >= 0.3 is 0 Å². The number of tetrazole rings is 1. The molecule has 4 aromatic rings. The monoisotopic (exact) mass is 439 g/mol. The molecule has 0 saturated carbocycles. The number of fused-ring (bicyclic) bond motifs is 1. The highest BCUT2D eigenvalue weighted by molar-refractivity contribution is 6.42. The molecule has 1 unspecified atom stereocenters. The Hall–Kier alpha value is -2.77. The normalized spacial score (nSPS) is 16.9. The quantitative estimate of drug-likeness (QED) is 0.500. The highest BCUT2D eigenvalue weighted by Crippen LogP contribution is 2.37. The van der Waals surface area contributed by atoms with Crippen molar-refractivity contribution in [3.63, 3.8) is 0 Å². The van der Waals surface area contributed by atoms with Gasteiger partial charge in [-0.05, 0) is 58.5 Å². The zero-order chi connectivity index (χ0) is 20.5. The molecule has 152 valence electrons. The van der Waals surface area contributed by atoms with Gasteiger partial charge in [0, 0.05) is 19.5 Å². The zero-order valence-electron chi connectivity index (χ0n) is 16.1. The van der Waals surface area contributed by atoms with Gasteiger partial charge in [0.1, 0.15) is 18.0 Å². The van der Waals surface area contributed by atoms with Crippen LogP contribution in [-0.2, 0) is 6.42 Å². The molecule has 0 aliphatic carbocycles. The van der Waals surface area contributed by atoms with E-state index in [1.807, 2.05) is 30.3 Å². The number of H-pyrrole nitrogens is 1. The third kappa shape index (κ3) is 3.70. The third-order valence-electron chi connectivity index (χ3n) is 5.56. The van der Waals surface area contributed by atoms with Gasteiger partial charge in [0.25, 0.3) is 0 Å². The molecule has 1 aliphatic rings. The van der Waals surface area contributed by atoms with E-state index in [4.69, 9.17) is 28.2 Å². The number of piperidine rings is 1. The van der Waals surface area contributed by atoms with Crippen LogP contribution in [0.15, 0.2) is 42.7 Å². The van der Waals surface area contributed by atoms with E-state index in [2.05, 4.69) is 36.6 Å². The number of nitrogens with one attached hydrogen (secondary N) is 1. The number of benzene rings is 2. The van der Waals surface area contributed by atoms with Crippen LogP contribution in [0.5, 0.6) is 0 Å². The SMILES string of the molecule is Clc1ccc(-c2cccc3ncnc(N4CCCC(Cc5nnn[nH]5)C4)c23)cc1Cl. The Morgan fingerprint density at radius 3 is 2.87 bits per heavy atom. The van der Waals surface area contributed by atoms with Gasteiger partial charge in [0.05, 0.1) is 20.9 Å². The Balaban J connectivity index is 1.55.